The number of hydrogen-bond donors (Lipinski definition) is 2. The van der Waals surface area contributed by atoms with Crippen molar-refractivity contribution in [2.24, 2.45) is 0 Å². The van der Waals surface area contributed by atoms with Crippen LogP contribution in [0.3, 0.4) is 0 Å². The molecule has 0 unspecified atom stereocenters. The summed E-state index contributed by atoms with van der Waals surface area (Å²) in [5.41, 5.74) is 3.27. The third-order valence-electron chi connectivity index (χ3n) is 4.39. The summed E-state index contributed by atoms with van der Waals surface area (Å²) >= 11 is 6.18. The van der Waals surface area contributed by atoms with E-state index in [-0.39, 0.29) is 0 Å². The maximum absolute atomic E-state index is 8.55. The molecule has 2 aromatic rings. The second-order valence-electron chi connectivity index (χ2n) is 6.15. The Bertz CT molecular complexity index is 676. The fourth-order valence-corrected chi connectivity index (χ4v) is 3.15. The molecule has 3 rings (SSSR count). The van der Waals surface area contributed by atoms with Crippen LogP contribution >= 0.6 is 11.6 Å². The molecule has 4 heteroatoms. The molecule has 1 aliphatic heterocycles. The Hall–Kier alpha value is -1.84. The zero-order chi connectivity index (χ0) is 16.2. The largest absolute Gasteiger partial charge is 0.382 e. The van der Waals surface area contributed by atoms with Gasteiger partial charge in [0.25, 0.3) is 0 Å². The number of piperidine rings is 1. The van der Waals surface area contributed by atoms with E-state index < -0.39 is 0 Å². The van der Waals surface area contributed by atoms with Gasteiger partial charge in [-0.1, -0.05) is 41.9 Å². The highest BCUT2D eigenvalue weighted by Gasteiger charge is 2.18. The summed E-state index contributed by atoms with van der Waals surface area (Å²) in [5.74, 6) is 0. The van der Waals surface area contributed by atoms with Crippen LogP contribution in [0.15, 0.2) is 48.5 Å². The summed E-state index contributed by atoms with van der Waals surface area (Å²) in [4.78, 5) is 2.35. The van der Waals surface area contributed by atoms with Gasteiger partial charge in [-0.25, -0.2) is 0 Å². The number of hydrogen-bond acceptors (Lipinski definition) is 3. The third-order valence-corrected chi connectivity index (χ3v) is 4.63. The van der Waals surface area contributed by atoms with Crippen LogP contribution < -0.4 is 5.32 Å². The second kappa shape index (κ2) is 7.16. The van der Waals surface area contributed by atoms with Crippen LogP contribution in [0.2, 0.25) is 5.02 Å². The van der Waals surface area contributed by atoms with E-state index in [1.165, 1.54) is 0 Å². The van der Waals surface area contributed by atoms with Crippen molar-refractivity contribution in [1.29, 1.82) is 5.41 Å². The molecule has 0 amide bonds. The van der Waals surface area contributed by atoms with Gasteiger partial charge >= 0.3 is 0 Å². The minimum absolute atomic E-state index is 0.453. The molecule has 0 spiro atoms. The van der Waals surface area contributed by atoms with E-state index in [0.717, 1.165) is 42.7 Å². The van der Waals surface area contributed by atoms with Gasteiger partial charge < -0.3 is 10.2 Å². The highest BCUT2D eigenvalue weighted by atomic mass is 35.5. The summed E-state index contributed by atoms with van der Waals surface area (Å²) < 4.78 is 0. The van der Waals surface area contributed by atoms with Gasteiger partial charge in [0.15, 0.2) is 0 Å². The topological polar surface area (TPSA) is 39.1 Å². The monoisotopic (exact) mass is 327 g/mol. The van der Waals surface area contributed by atoms with E-state index in [1.54, 1.807) is 0 Å². The molecule has 0 aliphatic carbocycles. The molecule has 2 aromatic carbocycles. The third kappa shape index (κ3) is 3.92. The first kappa shape index (κ1) is 16.0. The van der Waals surface area contributed by atoms with Crippen molar-refractivity contribution >= 4 is 23.0 Å². The lowest BCUT2D eigenvalue weighted by atomic mass is 9.99. The average molecular weight is 328 g/mol. The van der Waals surface area contributed by atoms with E-state index in [1.807, 2.05) is 48.5 Å². The summed E-state index contributed by atoms with van der Waals surface area (Å²) in [7, 11) is 2.16. The minimum atomic E-state index is 0.453. The second-order valence-corrected chi connectivity index (χ2v) is 6.59. The van der Waals surface area contributed by atoms with Crippen LogP contribution in [0, 0.1) is 5.41 Å². The molecular weight excluding hydrogens is 306 g/mol. The van der Waals surface area contributed by atoms with Crippen molar-refractivity contribution in [3.8, 4) is 0 Å². The Morgan fingerprint density at radius 3 is 2.52 bits per heavy atom. The van der Waals surface area contributed by atoms with Crippen LogP contribution in [-0.4, -0.2) is 36.8 Å². The van der Waals surface area contributed by atoms with Gasteiger partial charge in [-0.2, -0.15) is 0 Å². The van der Waals surface area contributed by atoms with Crippen molar-refractivity contribution in [2.75, 3.05) is 25.5 Å². The summed E-state index contributed by atoms with van der Waals surface area (Å²) in [5, 5.41) is 12.8. The molecule has 1 fully saturated rings. The van der Waals surface area contributed by atoms with Gasteiger partial charge in [0, 0.05) is 27.9 Å². The SMILES string of the molecule is CN1CCC(Nc2ccc(Cl)cc2C(=N)c2ccccc2)CC1. The van der Waals surface area contributed by atoms with Gasteiger partial charge in [0.1, 0.15) is 0 Å². The summed E-state index contributed by atoms with van der Waals surface area (Å²) in [6.45, 7) is 2.22. The molecule has 1 saturated heterocycles. The van der Waals surface area contributed by atoms with E-state index in [4.69, 9.17) is 17.0 Å². The molecule has 120 valence electrons. The predicted octanol–water partition coefficient (Wildman–Crippen LogP) is 4.26. The van der Waals surface area contributed by atoms with Gasteiger partial charge in [-0.3, -0.25) is 5.41 Å². The van der Waals surface area contributed by atoms with Gasteiger partial charge in [0.2, 0.25) is 0 Å². The lowest BCUT2D eigenvalue weighted by molar-refractivity contribution is 0.264. The van der Waals surface area contributed by atoms with Crippen LogP contribution in [0.5, 0.6) is 0 Å². The molecule has 0 radical (unpaired) electrons. The molecule has 0 aromatic heterocycles. The predicted molar refractivity (Wildman–Crippen MR) is 98.0 cm³/mol. The van der Waals surface area contributed by atoms with Gasteiger partial charge in [0.05, 0.1) is 5.71 Å². The Balaban J connectivity index is 1.85. The van der Waals surface area contributed by atoms with E-state index >= 15 is 0 Å². The Kier molecular flexibility index (Phi) is 4.99. The van der Waals surface area contributed by atoms with Crippen molar-refractivity contribution in [3.63, 3.8) is 0 Å². The first-order valence-corrected chi connectivity index (χ1v) is 8.40. The molecule has 2 N–H and O–H groups in total. The summed E-state index contributed by atoms with van der Waals surface area (Å²) in [6.07, 6.45) is 2.24. The van der Waals surface area contributed by atoms with Crippen LogP contribution in [0.1, 0.15) is 24.0 Å². The average Bonchev–Trinajstić information content (AvgIpc) is 2.58. The maximum atomic E-state index is 8.55. The number of likely N-dealkylation sites (tertiary alicyclic amines) is 1. The molecule has 0 atom stereocenters. The minimum Gasteiger partial charge on any atom is -0.382 e. The normalized spacial score (nSPS) is 16.3. The molecular formula is C19H22ClN3. The fraction of sp³-hybridized carbons (Fsp3) is 0.316. The van der Waals surface area contributed by atoms with Gasteiger partial charge in [-0.05, 0) is 51.2 Å². The van der Waals surface area contributed by atoms with Crippen molar-refractivity contribution < 1.29 is 0 Å². The maximum Gasteiger partial charge on any atom is 0.0705 e. The van der Waals surface area contributed by atoms with E-state index in [9.17, 15) is 0 Å². The zero-order valence-corrected chi connectivity index (χ0v) is 14.1. The molecule has 3 nitrogen and oxygen atoms in total. The highest BCUT2D eigenvalue weighted by Crippen LogP contribution is 2.26. The lowest BCUT2D eigenvalue weighted by Gasteiger charge is -2.30. The Morgan fingerprint density at radius 2 is 1.83 bits per heavy atom. The molecule has 23 heavy (non-hydrogen) atoms. The molecule has 1 heterocycles. The van der Waals surface area contributed by atoms with Crippen molar-refractivity contribution in [1.82, 2.24) is 4.90 Å². The van der Waals surface area contributed by atoms with Crippen LogP contribution in [0.25, 0.3) is 0 Å². The first-order chi connectivity index (χ1) is 11.1. The fourth-order valence-electron chi connectivity index (χ4n) is 2.98. The molecule has 0 bridgehead atoms. The Labute approximate surface area is 142 Å². The number of rotatable bonds is 4. The number of nitrogens with one attached hydrogen (secondary N) is 2. The lowest BCUT2D eigenvalue weighted by Crippen LogP contribution is -2.37. The number of nitrogens with zero attached hydrogens (tertiary/aromatic N) is 1. The first-order valence-electron chi connectivity index (χ1n) is 8.02. The standard InChI is InChI=1S/C19H22ClN3/c1-23-11-9-16(10-12-23)22-18-8-7-15(20)13-17(18)19(21)14-5-3-2-4-6-14/h2-8,13,16,21-22H,9-12H2,1H3. The van der Waals surface area contributed by atoms with E-state index in [2.05, 4.69) is 17.3 Å². The summed E-state index contributed by atoms with van der Waals surface area (Å²) in [6, 6.07) is 16.0. The number of benzene rings is 2. The van der Waals surface area contributed by atoms with Crippen molar-refractivity contribution in [3.05, 3.63) is 64.7 Å². The Morgan fingerprint density at radius 1 is 1.13 bits per heavy atom. The zero-order valence-electron chi connectivity index (χ0n) is 13.3. The van der Waals surface area contributed by atoms with E-state index in [0.29, 0.717) is 16.8 Å². The van der Waals surface area contributed by atoms with Crippen LogP contribution in [-0.2, 0) is 0 Å². The van der Waals surface area contributed by atoms with Crippen LogP contribution in [0.4, 0.5) is 5.69 Å². The quantitative estimate of drug-likeness (QED) is 0.823. The molecule has 0 saturated carbocycles. The number of anilines is 1. The number of halogens is 1. The van der Waals surface area contributed by atoms with Crippen molar-refractivity contribution in [2.45, 2.75) is 18.9 Å². The highest BCUT2D eigenvalue weighted by molar-refractivity contribution is 6.31. The smallest absolute Gasteiger partial charge is 0.0705 e. The molecule has 1 aliphatic rings. The van der Waals surface area contributed by atoms with Gasteiger partial charge in [-0.15, -0.1) is 0 Å².